The van der Waals surface area contributed by atoms with Crippen molar-refractivity contribution in [3.63, 3.8) is 0 Å². The molecule has 64 valence electrons. The minimum absolute atomic E-state index is 0.241. The smallest absolute Gasteiger partial charge is 0.286 e. The van der Waals surface area contributed by atoms with Gasteiger partial charge in [-0.2, -0.15) is 0 Å². The second-order valence-electron chi connectivity index (χ2n) is 2.52. The third-order valence-corrected chi connectivity index (χ3v) is 1.64. The van der Waals surface area contributed by atoms with Crippen molar-refractivity contribution in [2.75, 3.05) is 13.6 Å². The van der Waals surface area contributed by atoms with Crippen LogP contribution in [0.1, 0.15) is 19.8 Å². The van der Waals surface area contributed by atoms with E-state index in [-0.39, 0.29) is 12.3 Å². The first-order valence-corrected chi connectivity index (χ1v) is 3.75. The number of nitrogens with zero attached hydrogens (tertiary/aromatic N) is 1. The van der Waals surface area contributed by atoms with Crippen molar-refractivity contribution in [1.29, 1.82) is 0 Å². The Hall–Kier alpha value is -0.770. The molecule has 0 aliphatic carbocycles. The normalized spacial score (nSPS) is 12.5. The number of carbonyl (C=O) groups excluding carboxylic acids is 1. The van der Waals surface area contributed by atoms with Gasteiger partial charge in [-0.3, -0.25) is 4.79 Å². The lowest BCUT2D eigenvalue weighted by Gasteiger charge is -2.09. The Bertz CT molecular complexity index is 136. The van der Waals surface area contributed by atoms with Crippen molar-refractivity contribution in [2.45, 2.75) is 19.8 Å². The summed E-state index contributed by atoms with van der Waals surface area (Å²) in [7, 11) is 1.82. The van der Waals surface area contributed by atoms with E-state index in [0.717, 1.165) is 13.0 Å². The van der Waals surface area contributed by atoms with Crippen LogP contribution in [0.5, 0.6) is 0 Å². The zero-order valence-corrected chi connectivity index (χ0v) is 6.96. The predicted octanol–water partition coefficient (Wildman–Crippen LogP) is 0.915. The van der Waals surface area contributed by atoms with Gasteiger partial charge in [0, 0.05) is 11.6 Å². The highest BCUT2D eigenvalue weighted by Crippen LogP contribution is 2.07. The van der Waals surface area contributed by atoms with Gasteiger partial charge < -0.3 is 5.32 Å². The average Bonchev–Trinajstić information content (AvgIpc) is 2.03. The summed E-state index contributed by atoms with van der Waals surface area (Å²) in [6.07, 6.45) is 1.16. The first kappa shape index (κ1) is 10.2. The van der Waals surface area contributed by atoms with Gasteiger partial charge >= 0.3 is 0 Å². The molecule has 1 amide bonds. The Morgan fingerprint density at radius 1 is 1.64 bits per heavy atom. The maximum atomic E-state index is 10.5. The van der Waals surface area contributed by atoms with Crippen LogP contribution >= 0.6 is 0 Å². The highest BCUT2D eigenvalue weighted by molar-refractivity contribution is 5.76. The van der Waals surface area contributed by atoms with Crippen molar-refractivity contribution in [2.24, 2.45) is 11.1 Å². The molecule has 0 aromatic rings. The van der Waals surface area contributed by atoms with Crippen LogP contribution in [0.3, 0.4) is 0 Å². The van der Waals surface area contributed by atoms with Crippen LogP contribution in [0.25, 0.3) is 0 Å². The Morgan fingerprint density at radius 3 is 2.64 bits per heavy atom. The van der Waals surface area contributed by atoms with Crippen LogP contribution in [0.15, 0.2) is 5.18 Å². The number of amides is 1. The summed E-state index contributed by atoms with van der Waals surface area (Å²) >= 11 is 0. The molecule has 1 unspecified atom stereocenters. The van der Waals surface area contributed by atoms with Gasteiger partial charge in [-0.1, -0.05) is 13.3 Å². The van der Waals surface area contributed by atoms with E-state index in [1.54, 1.807) is 0 Å². The molecule has 0 aliphatic rings. The molecule has 4 nitrogen and oxygen atoms in total. The molecule has 0 fully saturated rings. The van der Waals surface area contributed by atoms with Crippen molar-refractivity contribution in [3.8, 4) is 0 Å². The zero-order valence-electron chi connectivity index (χ0n) is 6.96. The quantitative estimate of drug-likeness (QED) is 0.605. The fourth-order valence-corrected chi connectivity index (χ4v) is 0.934. The van der Waals surface area contributed by atoms with Gasteiger partial charge in [0.15, 0.2) is 0 Å². The second kappa shape index (κ2) is 5.97. The van der Waals surface area contributed by atoms with Crippen molar-refractivity contribution >= 4 is 5.91 Å². The van der Waals surface area contributed by atoms with Crippen LogP contribution in [-0.2, 0) is 4.79 Å². The van der Waals surface area contributed by atoms with Crippen molar-refractivity contribution in [3.05, 3.63) is 4.91 Å². The molecule has 0 rings (SSSR count). The van der Waals surface area contributed by atoms with Gasteiger partial charge in [0.05, 0.1) is 0 Å². The van der Waals surface area contributed by atoms with Crippen molar-refractivity contribution in [1.82, 2.24) is 5.32 Å². The Morgan fingerprint density at radius 2 is 2.27 bits per heavy atom. The minimum atomic E-state index is -0.549. The van der Waals surface area contributed by atoms with E-state index >= 15 is 0 Å². The van der Waals surface area contributed by atoms with Gasteiger partial charge in [0.25, 0.3) is 5.91 Å². The largest absolute Gasteiger partial charge is 0.319 e. The average molecular weight is 158 g/mol. The number of hydrogen-bond donors (Lipinski definition) is 1. The Labute approximate surface area is 66.3 Å². The SMILES string of the molecule is CCC(CNC)CC(=O)N=O. The molecule has 0 radical (unpaired) electrons. The highest BCUT2D eigenvalue weighted by atomic mass is 16.3. The number of nitrogens with one attached hydrogen (secondary N) is 1. The van der Waals surface area contributed by atoms with Gasteiger partial charge in [-0.15, -0.1) is 4.91 Å². The summed E-state index contributed by atoms with van der Waals surface area (Å²) in [5, 5.41) is 5.29. The lowest BCUT2D eigenvalue weighted by Crippen LogP contribution is -2.20. The first-order valence-electron chi connectivity index (χ1n) is 3.75. The zero-order chi connectivity index (χ0) is 8.69. The number of rotatable bonds is 5. The monoisotopic (exact) mass is 158 g/mol. The van der Waals surface area contributed by atoms with E-state index in [4.69, 9.17) is 0 Å². The van der Waals surface area contributed by atoms with Crippen LogP contribution < -0.4 is 5.32 Å². The lowest BCUT2D eigenvalue weighted by atomic mass is 10.0. The molecule has 0 heterocycles. The molecule has 1 atom stereocenters. The molecule has 0 spiro atoms. The molecular weight excluding hydrogens is 144 g/mol. The van der Waals surface area contributed by atoms with Gasteiger partial charge in [0.1, 0.15) is 0 Å². The van der Waals surface area contributed by atoms with E-state index in [0.29, 0.717) is 0 Å². The van der Waals surface area contributed by atoms with E-state index in [1.165, 1.54) is 0 Å². The Kier molecular flexibility index (Phi) is 5.56. The van der Waals surface area contributed by atoms with Crippen LogP contribution in [0, 0.1) is 10.8 Å². The van der Waals surface area contributed by atoms with Gasteiger partial charge in [-0.25, -0.2) is 0 Å². The summed E-state index contributed by atoms with van der Waals surface area (Å²) in [4.78, 5) is 20.3. The van der Waals surface area contributed by atoms with E-state index in [2.05, 4.69) is 10.5 Å². The van der Waals surface area contributed by atoms with Crippen LogP contribution in [0.2, 0.25) is 0 Å². The highest BCUT2D eigenvalue weighted by Gasteiger charge is 2.10. The summed E-state index contributed by atoms with van der Waals surface area (Å²) in [6, 6.07) is 0. The molecular formula is C7H14N2O2. The summed E-state index contributed by atoms with van der Waals surface area (Å²) in [6.45, 7) is 2.75. The maximum Gasteiger partial charge on any atom is 0.286 e. The number of carbonyl (C=O) groups is 1. The molecule has 0 aromatic heterocycles. The number of hydrogen-bond acceptors (Lipinski definition) is 3. The third-order valence-electron chi connectivity index (χ3n) is 1.64. The minimum Gasteiger partial charge on any atom is -0.319 e. The van der Waals surface area contributed by atoms with E-state index in [9.17, 15) is 9.70 Å². The second-order valence-corrected chi connectivity index (χ2v) is 2.52. The molecule has 0 saturated carbocycles. The molecule has 0 saturated heterocycles. The fourth-order valence-electron chi connectivity index (χ4n) is 0.934. The molecule has 0 aromatic carbocycles. The van der Waals surface area contributed by atoms with E-state index in [1.807, 2.05) is 14.0 Å². The fraction of sp³-hybridized carbons (Fsp3) is 0.857. The van der Waals surface area contributed by atoms with Gasteiger partial charge in [-0.05, 0) is 19.5 Å². The summed E-state index contributed by atoms with van der Waals surface area (Å²) in [5.41, 5.74) is 0. The summed E-state index contributed by atoms with van der Waals surface area (Å²) in [5.74, 6) is -0.308. The van der Waals surface area contributed by atoms with Crippen molar-refractivity contribution < 1.29 is 4.79 Å². The van der Waals surface area contributed by atoms with Gasteiger partial charge in [0.2, 0.25) is 0 Å². The lowest BCUT2D eigenvalue weighted by molar-refractivity contribution is -0.118. The third kappa shape index (κ3) is 4.61. The molecule has 0 aliphatic heterocycles. The summed E-state index contributed by atoms with van der Waals surface area (Å²) < 4.78 is 0. The first-order chi connectivity index (χ1) is 5.24. The molecule has 1 N–H and O–H groups in total. The van der Waals surface area contributed by atoms with E-state index < -0.39 is 5.91 Å². The predicted molar refractivity (Wildman–Crippen MR) is 43.1 cm³/mol. The maximum absolute atomic E-state index is 10.5. The van der Waals surface area contributed by atoms with Crippen LogP contribution in [-0.4, -0.2) is 19.5 Å². The molecule has 0 bridgehead atoms. The molecule has 4 heteroatoms. The van der Waals surface area contributed by atoms with Crippen LogP contribution in [0.4, 0.5) is 0 Å². The number of nitroso groups, excluding NO2 is 1. The molecule has 11 heavy (non-hydrogen) atoms. The standard InChI is InChI=1S/C7H14N2O2/c1-3-6(5-8-2)4-7(10)9-11/h6,8H,3-5H2,1-2H3. The topological polar surface area (TPSA) is 58.5 Å². The Balaban J connectivity index is 3.67.